The maximum atomic E-state index is 3.40. The topological polar surface area (TPSA) is 15.3 Å². The summed E-state index contributed by atoms with van der Waals surface area (Å²) in [6.07, 6.45) is 0. The summed E-state index contributed by atoms with van der Waals surface area (Å²) >= 11 is 0. The molecule has 0 spiro atoms. The predicted molar refractivity (Wildman–Crippen MR) is 83.7 cm³/mol. The number of rotatable bonds is 4. The van der Waals surface area contributed by atoms with E-state index in [1.54, 1.807) is 0 Å². The van der Waals surface area contributed by atoms with Gasteiger partial charge in [-0.25, -0.2) is 0 Å². The monoisotopic (exact) mass is 266 g/mol. The molecule has 0 saturated carbocycles. The fraction of sp³-hybridized carbons (Fsp3) is 0.333. The average Bonchev–Trinajstić information content (AvgIpc) is 2.52. The molecule has 0 radical (unpaired) electrons. The second-order valence-electron chi connectivity index (χ2n) is 5.56. The van der Waals surface area contributed by atoms with E-state index in [4.69, 9.17) is 0 Å². The van der Waals surface area contributed by atoms with E-state index in [9.17, 15) is 0 Å². The number of nitrogens with one attached hydrogen (secondary N) is 1. The zero-order chi connectivity index (χ0) is 13.9. The van der Waals surface area contributed by atoms with Crippen LogP contribution < -0.4 is 5.32 Å². The third-order valence-corrected chi connectivity index (χ3v) is 4.45. The molecule has 1 heterocycles. The van der Waals surface area contributed by atoms with Crippen LogP contribution in [0.3, 0.4) is 0 Å². The minimum absolute atomic E-state index is 0.358. The van der Waals surface area contributed by atoms with Crippen molar-refractivity contribution < 1.29 is 0 Å². The molecule has 0 bridgehead atoms. The van der Waals surface area contributed by atoms with Crippen LogP contribution in [0.2, 0.25) is 0 Å². The molecule has 0 aromatic heterocycles. The molecule has 0 aliphatic carbocycles. The van der Waals surface area contributed by atoms with E-state index in [1.165, 1.54) is 11.1 Å². The fourth-order valence-corrected chi connectivity index (χ4v) is 3.16. The smallest absolute Gasteiger partial charge is 0.0605 e. The predicted octanol–water partition coefficient (Wildman–Crippen LogP) is 3.07. The Labute approximate surface area is 121 Å². The third-order valence-electron chi connectivity index (χ3n) is 4.45. The lowest BCUT2D eigenvalue weighted by atomic mass is 9.88. The SMILES string of the molecule is CNC1CN(C(c2ccccc2)c2ccccc2)C1C. The van der Waals surface area contributed by atoms with Crippen molar-refractivity contribution in [2.75, 3.05) is 13.6 Å². The molecule has 1 aliphatic rings. The number of likely N-dealkylation sites (tertiary alicyclic amines) is 1. The van der Waals surface area contributed by atoms with Crippen molar-refractivity contribution in [3.8, 4) is 0 Å². The first-order valence-corrected chi connectivity index (χ1v) is 7.34. The minimum atomic E-state index is 0.358. The van der Waals surface area contributed by atoms with Crippen LogP contribution in [-0.2, 0) is 0 Å². The highest BCUT2D eigenvalue weighted by Gasteiger charge is 2.39. The average molecular weight is 266 g/mol. The summed E-state index contributed by atoms with van der Waals surface area (Å²) in [6.45, 7) is 3.41. The normalized spacial score (nSPS) is 22.8. The van der Waals surface area contributed by atoms with E-state index in [0.29, 0.717) is 18.1 Å². The van der Waals surface area contributed by atoms with Crippen molar-refractivity contribution >= 4 is 0 Å². The van der Waals surface area contributed by atoms with Gasteiger partial charge in [0, 0.05) is 18.6 Å². The third kappa shape index (κ3) is 2.37. The highest BCUT2D eigenvalue weighted by atomic mass is 15.3. The number of benzene rings is 2. The van der Waals surface area contributed by atoms with Crippen LogP contribution in [0.1, 0.15) is 24.1 Å². The van der Waals surface area contributed by atoms with Gasteiger partial charge in [0.05, 0.1) is 6.04 Å². The first-order valence-electron chi connectivity index (χ1n) is 7.34. The second kappa shape index (κ2) is 5.78. The summed E-state index contributed by atoms with van der Waals surface area (Å²) in [4.78, 5) is 2.58. The van der Waals surface area contributed by atoms with Gasteiger partial charge in [0.2, 0.25) is 0 Å². The standard InChI is InChI=1S/C18H22N2/c1-14-17(19-2)13-20(14)18(15-9-5-3-6-10-15)16-11-7-4-8-12-16/h3-12,14,17-19H,13H2,1-2H3. The Morgan fingerprint density at radius 2 is 1.45 bits per heavy atom. The van der Waals surface area contributed by atoms with E-state index in [2.05, 4.69) is 84.9 Å². The van der Waals surface area contributed by atoms with Gasteiger partial charge in [0.25, 0.3) is 0 Å². The Bertz CT molecular complexity index is 498. The Morgan fingerprint density at radius 1 is 0.950 bits per heavy atom. The molecule has 1 fully saturated rings. The van der Waals surface area contributed by atoms with E-state index >= 15 is 0 Å². The van der Waals surface area contributed by atoms with Gasteiger partial charge in [0.1, 0.15) is 0 Å². The van der Waals surface area contributed by atoms with Crippen LogP contribution in [0.25, 0.3) is 0 Å². The van der Waals surface area contributed by atoms with E-state index in [1.807, 2.05) is 0 Å². The van der Waals surface area contributed by atoms with Gasteiger partial charge in [0.15, 0.2) is 0 Å². The highest BCUT2D eigenvalue weighted by molar-refractivity contribution is 5.33. The zero-order valence-corrected chi connectivity index (χ0v) is 12.2. The first kappa shape index (κ1) is 13.3. The molecule has 2 aromatic carbocycles. The summed E-state index contributed by atoms with van der Waals surface area (Å²) in [5.74, 6) is 0. The maximum absolute atomic E-state index is 3.40. The Balaban J connectivity index is 1.94. The number of hydrogen-bond acceptors (Lipinski definition) is 2. The Kier molecular flexibility index (Phi) is 3.86. The van der Waals surface area contributed by atoms with E-state index in [-0.39, 0.29) is 0 Å². The van der Waals surface area contributed by atoms with Crippen LogP contribution in [0.15, 0.2) is 60.7 Å². The van der Waals surface area contributed by atoms with Crippen molar-refractivity contribution in [3.63, 3.8) is 0 Å². The number of likely N-dealkylation sites (N-methyl/N-ethyl adjacent to an activating group) is 1. The molecule has 2 heteroatoms. The van der Waals surface area contributed by atoms with Crippen LogP contribution >= 0.6 is 0 Å². The van der Waals surface area contributed by atoms with Crippen molar-refractivity contribution in [2.24, 2.45) is 0 Å². The molecule has 2 nitrogen and oxygen atoms in total. The molecule has 1 saturated heterocycles. The van der Waals surface area contributed by atoms with Gasteiger partial charge >= 0.3 is 0 Å². The molecule has 1 aliphatic heterocycles. The molecule has 0 amide bonds. The molecule has 104 valence electrons. The van der Waals surface area contributed by atoms with E-state index < -0.39 is 0 Å². The maximum Gasteiger partial charge on any atom is 0.0605 e. The Morgan fingerprint density at radius 3 is 1.85 bits per heavy atom. The minimum Gasteiger partial charge on any atom is -0.314 e. The highest BCUT2D eigenvalue weighted by Crippen LogP contribution is 2.35. The molecular weight excluding hydrogens is 244 g/mol. The van der Waals surface area contributed by atoms with Crippen LogP contribution in [0.5, 0.6) is 0 Å². The molecule has 2 atom stereocenters. The summed E-state index contributed by atoms with van der Waals surface area (Å²) in [5.41, 5.74) is 2.75. The molecule has 2 aromatic rings. The van der Waals surface area contributed by atoms with Crippen molar-refractivity contribution in [3.05, 3.63) is 71.8 Å². The first-order chi connectivity index (χ1) is 9.81. The van der Waals surface area contributed by atoms with Gasteiger partial charge in [-0.15, -0.1) is 0 Å². The molecule has 20 heavy (non-hydrogen) atoms. The molecule has 2 unspecified atom stereocenters. The van der Waals surface area contributed by atoms with Crippen LogP contribution in [0.4, 0.5) is 0 Å². The van der Waals surface area contributed by atoms with E-state index in [0.717, 1.165) is 6.54 Å². The van der Waals surface area contributed by atoms with Crippen LogP contribution in [-0.4, -0.2) is 30.6 Å². The van der Waals surface area contributed by atoms with Crippen LogP contribution in [0, 0.1) is 0 Å². The van der Waals surface area contributed by atoms with Gasteiger partial charge in [-0.1, -0.05) is 60.7 Å². The lowest BCUT2D eigenvalue weighted by Gasteiger charge is -2.50. The largest absolute Gasteiger partial charge is 0.314 e. The van der Waals surface area contributed by atoms with Gasteiger partial charge in [-0.3, -0.25) is 4.90 Å². The summed E-state index contributed by atoms with van der Waals surface area (Å²) in [7, 11) is 2.05. The van der Waals surface area contributed by atoms with Crippen molar-refractivity contribution in [1.29, 1.82) is 0 Å². The van der Waals surface area contributed by atoms with Gasteiger partial charge < -0.3 is 5.32 Å². The van der Waals surface area contributed by atoms with Gasteiger partial charge in [-0.2, -0.15) is 0 Å². The quantitative estimate of drug-likeness (QED) is 0.915. The molecule has 3 rings (SSSR count). The lowest BCUT2D eigenvalue weighted by Crippen LogP contribution is -2.64. The van der Waals surface area contributed by atoms with Gasteiger partial charge in [-0.05, 0) is 25.1 Å². The zero-order valence-electron chi connectivity index (χ0n) is 12.2. The van der Waals surface area contributed by atoms with Crippen molar-refractivity contribution in [1.82, 2.24) is 10.2 Å². The summed E-state index contributed by atoms with van der Waals surface area (Å²) in [6, 6.07) is 23.1. The molecular formula is C18H22N2. The summed E-state index contributed by atoms with van der Waals surface area (Å²) in [5, 5.41) is 3.40. The number of nitrogens with zero attached hydrogens (tertiary/aromatic N) is 1. The molecule has 1 N–H and O–H groups in total. The number of hydrogen-bond donors (Lipinski definition) is 1. The fourth-order valence-electron chi connectivity index (χ4n) is 3.16. The second-order valence-corrected chi connectivity index (χ2v) is 5.56. The lowest BCUT2D eigenvalue weighted by molar-refractivity contribution is 0.0300. The Hall–Kier alpha value is -1.64. The van der Waals surface area contributed by atoms with Crippen molar-refractivity contribution in [2.45, 2.75) is 25.0 Å². The summed E-state index contributed by atoms with van der Waals surface area (Å²) < 4.78 is 0.